The second kappa shape index (κ2) is 8.64. The number of para-hydroxylation sites is 1. The molecule has 1 aliphatic heterocycles. The third-order valence-electron chi connectivity index (χ3n) is 5.97. The van der Waals surface area contributed by atoms with Gasteiger partial charge in [0.25, 0.3) is 5.91 Å². The van der Waals surface area contributed by atoms with E-state index in [1.165, 1.54) is 7.11 Å². The number of hydrogen-bond acceptors (Lipinski definition) is 6. The van der Waals surface area contributed by atoms with Crippen LogP contribution in [0.5, 0.6) is 11.5 Å². The molecule has 2 aromatic carbocycles. The number of ether oxygens (including phenoxy) is 2. The Hall–Kier alpha value is -3.59. The first-order valence-corrected chi connectivity index (χ1v) is 11.1. The quantitative estimate of drug-likeness (QED) is 0.366. The molecule has 0 bridgehead atoms. The van der Waals surface area contributed by atoms with Gasteiger partial charge in [0.15, 0.2) is 6.23 Å². The first kappa shape index (κ1) is 22.2. The van der Waals surface area contributed by atoms with Crippen LogP contribution in [0.2, 0.25) is 5.02 Å². The molecule has 4 aromatic rings. The van der Waals surface area contributed by atoms with Gasteiger partial charge in [0, 0.05) is 24.3 Å². The zero-order chi connectivity index (χ0) is 23.9. The van der Waals surface area contributed by atoms with E-state index in [0.717, 1.165) is 5.39 Å². The lowest BCUT2D eigenvalue weighted by atomic mass is 9.92. The number of aliphatic hydroxyl groups is 1. The Labute approximate surface area is 201 Å². The van der Waals surface area contributed by atoms with Crippen molar-refractivity contribution in [2.75, 3.05) is 23.9 Å². The molecule has 3 N–H and O–H groups in total. The van der Waals surface area contributed by atoms with E-state index >= 15 is 0 Å². The van der Waals surface area contributed by atoms with Gasteiger partial charge in [-0.15, -0.1) is 0 Å². The highest BCUT2D eigenvalue weighted by molar-refractivity contribution is 6.31. The number of aromatic nitrogens is 2. The first-order valence-electron chi connectivity index (χ1n) is 10.7. The standard InChI is InChI=1S/C25H23ClN4O4/c1-25(14-33-2)24(32)29-20-13-28-22-18(10-11-27-22)21(20)30(25)23(31)17-9-8-16(12-19(17)26)34-15-6-4-3-5-7-15/h3-13,23,31H,14H2,1-2H3,(H,27,28)(H,29,32). The van der Waals surface area contributed by atoms with Crippen molar-refractivity contribution in [3.05, 3.63) is 77.6 Å². The van der Waals surface area contributed by atoms with Crippen LogP contribution in [0.4, 0.5) is 11.4 Å². The van der Waals surface area contributed by atoms with Crippen molar-refractivity contribution in [2.45, 2.75) is 18.7 Å². The molecule has 174 valence electrons. The van der Waals surface area contributed by atoms with Crippen LogP contribution in [0, 0.1) is 0 Å². The lowest BCUT2D eigenvalue weighted by Crippen LogP contribution is -2.61. The van der Waals surface area contributed by atoms with E-state index in [4.69, 9.17) is 21.1 Å². The molecule has 9 heteroatoms. The predicted molar refractivity (Wildman–Crippen MR) is 130 cm³/mol. The van der Waals surface area contributed by atoms with Crippen LogP contribution in [0.15, 0.2) is 67.0 Å². The molecule has 2 unspecified atom stereocenters. The number of carbonyl (C=O) groups excluding carboxylic acids is 1. The summed E-state index contributed by atoms with van der Waals surface area (Å²) in [6.45, 7) is 1.76. The third kappa shape index (κ3) is 3.66. The Balaban J connectivity index is 1.59. The minimum Gasteiger partial charge on any atom is -0.457 e. The first-order chi connectivity index (χ1) is 16.4. The van der Waals surface area contributed by atoms with Crippen LogP contribution >= 0.6 is 11.6 Å². The van der Waals surface area contributed by atoms with Gasteiger partial charge in [-0.2, -0.15) is 0 Å². The second-order valence-corrected chi connectivity index (χ2v) is 8.67. The van der Waals surface area contributed by atoms with Gasteiger partial charge in [0.2, 0.25) is 0 Å². The summed E-state index contributed by atoms with van der Waals surface area (Å²) >= 11 is 6.62. The number of rotatable bonds is 6. The maximum Gasteiger partial charge on any atom is 0.252 e. The van der Waals surface area contributed by atoms with E-state index < -0.39 is 11.8 Å². The van der Waals surface area contributed by atoms with Crippen molar-refractivity contribution in [1.29, 1.82) is 0 Å². The highest BCUT2D eigenvalue weighted by Crippen LogP contribution is 2.46. The number of nitrogens with one attached hydrogen (secondary N) is 2. The Morgan fingerprint density at radius 3 is 2.71 bits per heavy atom. The molecular formula is C25H23ClN4O4. The zero-order valence-electron chi connectivity index (χ0n) is 18.6. The molecular weight excluding hydrogens is 456 g/mol. The van der Waals surface area contributed by atoms with Gasteiger partial charge in [0.05, 0.1) is 29.2 Å². The van der Waals surface area contributed by atoms with E-state index in [-0.39, 0.29) is 12.5 Å². The fraction of sp³-hybridized carbons (Fsp3) is 0.200. The van der Waals surface area contributed by atoms with E-state index in [1.807, 2.05) is 36.4 Å². The van der Waals surface area contributed by atoms with Gasteiger partial charge in [-0.3, -0.25) is 4.79 Å². The summed E-state index contributed by atoms with van der Waals surface area (Å²) in [5.41, 5.74) is 0.938. The summed E-state index contributed by atoms with van der Waals surface area (Å²) in [7, 11) is 1.51. The molecule has 0 spiro atoms. The van der Waals surface area contributed by atoms with Gasteiger partial charge in [-0.05, 0) is 43.3 Å². The molecule has 0 radical (unpaired) electrons. The van der Waals surface area contributed by atoms with E-state index in [0.29, 0.717) is 39.1 Å². The number of fused-ring (bicyclic) bond motifs is 3. The molecule has 0 saturated carbocycles. The number of carbonyl (C=O) groups is 1. The number of halogens is 1. The Morgan fingerprint density at radius 1 is 1.18 bits per heavy atom. The summed E-state index contributed by atoms with van der Waals surface area (Å²) in [5, 5.41) is 15.6. The number of aromatic amines is 1. The van der Waals surface area contributed by atoms with E-state index in [9.17, 15) is 9.90 Å². The number of nitrogens with zero attached hydrogens (tertiary/aromatic N) is 2. The Kier molecular flexibility index (Phi) is 5.65. The predicted octanol–water partition coefficient (Wildman–Crippen LogP) is 4.86. The average molecular weight is 479 g/mol. The van der Waals surface area contributed by atoms with Crippen molar-refractivity contribution in [2.24, 2.45) is 0 Å². The smallest absolute Gasteiger partial charge is 0.252 e. The highest BCUT2D eigenvalue weighted by atomic mass is 35.5. The molecule has 3 heterocycles. The summed E-state index contributed by atoms with van der Waals surface area (Å²) in [6, 6.07) is 16.3. The largest absolute Gasteiger partial charge is 0.457 e. The monoisotopic (exact) mass is 478 g/mol. The Morgan fingerprint density at radius 2 is 1.97 bits per heavy atom. The van der Waals surface area contributed by atoms with Crippen molar-refractivity contribution >= 4 is 39.9 Å². The van der Waals surface area contributed by atoms with Crippen molar-refractivity contribution < 1.29 is 19.4 Å². The van der Waals surface area contributed by atoms with E-state index in [2.05, 4.69) is 15.3 Å². The molecule has 2 aromatic heterocycles. The van der Waals surface area contributed by atoms with Gasteiger partial charge >= 0.3 is 0 Å². The van der Waals surface area contributed by atoms with Gasteiger partial charge < -0.3 is 29.8 Å². The topological polar surface area (TPSA) is 99.7 Å². The number of pyridine rings is 1. The number of methoxy groups -OCH3 is 1. The van der Waals surface area contributed by atoms with Crippen LogP contribution in [0.25, 0.3) is 11.0 Å². The molecule has 1 aliphatic rings. The van der Waals surface area contributed by atoms with Crippen LogP contribution in [0.3, 0.4) is 0 Å². The minimum atomic E-state index is -1.26. The lowest BCUT2D eigenvalue weighted by Gasteiger charge is -2.47. The minimum absolute atomic E-state index is 0.0381. The fourth-order valence-corrected chi connectivity index (χ4v) is 4.58. The molecule has 0 fully saturated rings. The molecule has 8 nitrogen and oxygen atoms in total. The summed E-state index contributed by atoms with van der Waals surface area (Å²) in [5.74, 6) is 0.877. The van der Waals surface area contributed by atoms with Gasteiger partial charge in [0.1, 0.15) is 22.7 Å². The van der Waals surface area contributed by atoms with Crippen molar-refractivity contribution in [1.82, 2.24) is 9.97 Å². The number of anilines is 2. The summed E-state index contributed by atoms with van der Waals surface area (Å²) in [4.78, 5) is 22.3. The summed E-state index contributed by atoms with van der Waals surface area (Å²) < 4.78 is 11.3. The fourth-order valence-electron chi connectivity index (χ4n) is 4.31. The molecule has 2 atom stereocenters. The lowest BCUT2D eigenvalue weighted by molar-refractivity contribution is -0.124. The summed E-state index contributed by atoms with van der Waals surface area (Å²) in [6.07, 6.45) is 2.06. The molecule has 34 heavy (non-hydrogen) atoms. The second-order valence-electron chi connectivity index (χ2n) is 8.26. The average Bonchev–Trinajstić information content (AvgIpc) is 3.30. The maximum absolute atomic E-state index is 13.2. The van der Waals surface area contributed by atoms with Crippen LogP contribution < -0.4 is 15.0 Å². The van der Waals surface area contributed by atoms with Crippen LogP contribution in [0.1, 0.15) is 18.7 Å². The number of aliphatic hydroxyl groups excluding tert-OH is 1. The van der Waals surface area contributed by atoms with Gasteiger partial charge in [-0.1, -0.05) is 29.8 Å². The van der Waals surface area contributed by atoms with E-state index in [1.54, 1.807) is 42.4 Å². The number of hydrogen-bond donors (Lipinski definition) is 3. The number of benzene rings is 2. The van der Waals surface area contributed by atoms with Gasteiger partial charge in [-0.25, -0.2) is 4.98 Å². The molecule has 5 rings (SSSR count). The third-order valence-corrected chi connectivity index (χ3v) is 6.29. The van der Waals surface area contributed by atoms with Crippen molar-refractivity contribution in [3.63, 3.8) is 0 Å². The highest BCUT2D eigenvalue weighted by Gasteiger charge is 2.48. The number of H-pyrrole nitrogens is 1. The maximum atomic E-state index is 13.2. The normalized spacial score (nSPS) is 18.5. The SMILES string of the molecule is COCC1(C)C(=O)Nc2cnc3[nH]ccc3c2N1C(O)c1ccc(Oc2ccccc2)cc1Cl. The van der Waals surface area contributed by atoms with Crippen LogP contribution in [-0.2, 0) is 9.53 Å². The van der Waals surface area contributed by atoms with Crippen LogP contribution in [-0.4, -0.2) is 40.2 Å². The molecule has 0 saturated heterocycles. The molecule has 1 amide bonds. The number of amides is 1. The van der Waals surface area contributed by atoms with Crippen molar-refractivity contribution in [3.8, 4) is 11.5 Å². The molecule has 0 aliphatic carbocycles. The Bertz CT molecular complexity index is 1360. The zero-order valence-corrected chi connectivity index (χ0v) is 19.3.